The molecule has 0 radical (unpaired) electrons. The fraction of sp³-hybridized carbons (Fsp3) is 0.846. The molecule has 3 nitrogen and oxygen atoms in total. The van der Waals surface area contributed by atoms with Crippen molar-refractivity contribution in [1.82, 2.24) is 14.9 Å². The van der Waals surface area contributed by atoms with E-state index >= 15 is 0 Å². The molecular formula is C13H23N3S. The van der Waals surface area contributed by atoms with Gasteiger partial charge in [0.1, 0.15) is 0 Å². The van der Waals surface area contributed by atoms with Crippen LogP contribution >= 0.6 is 11.5 Å². The van der Waals surface area contributed by atoms with Crippen molar-refractivity contribution in [3.8, 4) is 0 Å². The van der Waals surface area contributed by atoms with Crippen LogP contribution in [0, 0.1) is 5.92 Å². The minimum Gasteiger partial charge on any atom is -0.312 e. The Morgan fingerprint density at radius 2 is 1.94 bits per heavy atom. The molecule has 1 saturated carbocycles. The van der Waals surface area contributed by atoms with E-state index in [0.29, 0.717) is 6.04 Å². The molecule has 17 heavy (non-hydrogen) atoms. The van der Waals surface area contributed by atoms with E-state index in [4.69, 9.17) is 0 Å². The first-order chi connectivity index (χ1) is 8.04. The molecule has 0 amide bonds. The average Bonchev–Trinajstić information content (AvgIpc) is 2.87. The molecular weight excluding hydrogens is 230 g/mol. The summed E-state index contributed by atoms with van der Waals surface area (Å²) in [6, 6.07) is 0.451. The minimum atomic E-state index is 0.0933. The summed E-state index contributed by atoms with van der Waals surface area (Å²) >= 11 is 1.57. The van der Waals surface area contributed by atoms with Crippen LogP contribution in [0.1, 0.15) is 63.1 Å². The summed E-state index contributed by atoms with van der Waals surface area (Å²) in [7, 11) is 2.06. The topological polar surface area (TPSA) is 37.8 Å². The van der Waals surface area contributed by atoms with Gasteiger partial charge in [-0.05, 0) is 37.3 Å². The average molecular weight is 253 g/mol. The molecule has 1 atom stereocenters. The smallest absolute Gasteiger partial charge is 0.0857 e. The van der Waals surface area contributed by atoms with Crippen LogP contribution in [-0.4, -0.2) is 16.6 Å². The molecule has 1 aromatic rings. The highest BCUT2D eigenvalue weighted by Gasteiger charge is 2.32. The van der Waals surface area contributed by atoms with Gasteiger partial charge < -0.3 is 5.32 Å². The lowest BCUT2D eigenvalue weighted by Gasteiger charge is -2.25. The van der Waals surface area contributed by atoms with Gasteiger partial charge >= 0.3 is 0 Å². The number of aromatic nitrogens is 2. The van der Waals surface area contributed by atoms with E-state index in [0.717, 1.165) is 5.92 Å². The molecule has 96 valence electrons. The lowest BCUT2D eigenvalue weighted by Crippen LogP contribution is -2.26. The van der Waals surface area contributed by atoms with Gasteiger partial charge in [-0.25, -0.2) is 0 Å². The zero-order valence-corrected chi connectivity index (χ0v) is 12.1. The van der Waals surface area contributed by atoms with Gasteiger partial charge in [0.15, 0.2) is 0 Å². The molecule has 4 heteroatoms. The highest BCUT2D eigenvalue weighted by Crippen LogP contribution is 2.40. The van der Waals surface area contributed by atoms with Crippen LogP contribution in [-0.2, 0) is 5.41 Å². The van der Waals surface area contributed by atoms with Crippen molar-refractivity contribution in [3.63, 3.8) is 0 Å². The van der Waals surface area contributed by atoms with Gasteiger partial charge in [0.05, 0.1) is 10.6 Å². The molecule has 2 rings (SSSR count). The second kappa shape index (κ2) is 5.02. The van der Waals surface area contributed by atoms with E-state index < -0.39 is 0 Å². The number of rotatable bonds is 3. The van der Waals surface area contributed by atoms with Gasteiger partial charge in [-0.1, -0.05) is 38.1 Å². The first-order valence-electron chi connectivity index (χ1n) is 6.54. The summed E-state index contributed by atoms with van der Waals surface area (Å²) in [4.78, 5) is 1.35. The van der Waals surface area contributed by atoms with Crippen LogP contribution in [0.5, 0.6) is 0 Å². The lowest BCUT2D eigenvalue weighted by atomic mass is 9.87. The molecule has 0 bridgehead atoms. The normalized spacial score (nSPS) is 19.8. The fourth-order valence-corrected chi connectivity index (χ4v) is 3.86. The Hall–Kier alpha value is -0.480. The fourth-order valence-electron chi connectivity index (χ4n) is 2.79. The van der Waals surface area contributed by atoms with Crippen molar-refractivity contribution in [2.45, 2.75) is 57.9 Å². The maximum Gasteiger partial charge on any atom is 0.0857 e. The molecule has 1 aromatic heterocycles. The van der Waals surface area contributed by atoms with E-state index in [-0.39, 0.29) is 5.41 Å². The summed E-state index contributed by atoms with van der Waals surface area (Å²) < 4.78 is 4.18. The number of hydrogen-bond donors (Lipinski definition) is 1. The first kappa shape index (κ1) is 13.0. The maximum atomic E-state index is 4.36. The summed E-state index contributed by atoms with van der Waals surface area (Å²) in [5.74, 6) is 0.767. The largest absolute Gasteiger partial charge is 0.312 e. The van der Waals surface area contributed by atoms with Crippen LogP contribution in [0.25, 0.3) is 0 Å². The van der Waals surface area contributed by atoms with Gasteiger partial charge in [-0.3, -0.25) is 0 Å². The van der Waals surface area contributed by atoms with Gasteiger partial charge in [-0.2, -0.15) is 0 Å². The van der Waals surface area contributed by atoms with Crippen molar-refractivity contribution in [2.75, 3.05) is 7.05 Å². The second-order valence-corrected chi connectivity index (χ2v) is 6.83. The predicted octanol–water partition coefficient (Wildman–Crippen LogP) is 3.29. The van der Waals surface area contributed by atoms with E-state index in [1.54, 1.807) is 11.5 Å². The van der Waals surface area contributed by atoms with Crippen molar-refractivity contribution in [1.29, 1.82) is 0 Å². The van der Waals surface area contributed by atoms with Crippen molar-refractivity contribution in [2.24, 2.45) is 5.92 Å². The summed E-state index contributed by atoms with van der Waals surface area (Å²) in [6.45, 7) is 6.65. The highest BCUT2D eigenvalue weighted by atomic mass is 32.1. The SMILES string of the molecule is CNC(c1snnc1C(C)(C)C)C1CCCC1. The lowest BCUT2D eigenvalue weighted by molar-refractivity contribution is 0.387. The van der Waals surface area contributed by atoms with Crippen LogP contribution in [0.2, 0.25) is 0 Å². The molecule has 0 aromatic carbocycles. The van der Waals surface area contributed by atoms with Crippen LogP contribution in [0.15, 0.2) is 0 Å². The van der Waals surface area contributed by atoms with Crippen LogP contribution in [0.4, 0.5) is 0 Å². The minimum absolute atomic E-state index is 0.0933. The Morgan fingerprint density at radius 3 is 2.47 bits per heavy atom. The van der Waals surface area contributed by atoms with Gasteiger partial charge in [0.2, 0.25) is 0 Å². The molecule has 1 N–H and O–H groups in total. The number of nitrogens with zero attached hydrogens (tertiary/aromatic N) is 2. The molecule has 0 saturated heterocycles. The highest BCUT2D eigenvalue weighted by molar-refractivity contribution is 7.05. The monoisotopic (exact) mass is 253 g/mol. The molecule has 1 heterocycles. The van der Waals surface area contributed by atoms with Crippen molar-refractivity contribution in [3.05, 3.63) is 10.6 Å². The van der Waals surface area contributed by atoms with Gasteiger partial charge in [0, 0.05) is 11.5 Å². The third-order valence-corrected chi connectivity index (χ3v) is 4.50. The van der Waals surface area contributed by atoms with Gasteiger partial charge in [-0.15, -0.1) is 5.10 Å². The number of nitrogens with one attached hydrogen (secondary N) is 1. The van der Waals surface area contributed by atoms with Crippen molar-refractivity contribution < 1.29 is 0 Å². The summed E-state index contributed by atoms with van der Waals surface area (Å²) in [5.41, 5.74) is 1.27. The Morgan fingerprint density at radius 1 is 1.29 bits per heavy atom. The third-order valence-electron chi connectivity index (χ3n) is 3.69. The zero-order valence-electron chi connectivity index (χ0n) is 11.3. The molecule has 0 aliphatic heterocycles. The van der Waals surface area contributed by atoms with Gasteiger partial charge in [0.25, 0.3) is 0 Å². The molecule has 1 unspecified atom stereocenters. The Labute approximate surface area is 108 Å². The molecule has 0 spiro atoms. The first-order valence-corrected chi connectivity index (χ1v) is 7.31. The molecule has 1 fully saturated rings. The van der Waals surface area contributed by atoms with E-state index in [1.165, 1.54) is 36.3 Å². The Balaban J connectivity index is 2.27. The Bertz CT molecular complexity index is 361. The van der Waals surface area contributed by atoms with E-state index in [2.05, 4.69) is 42.7 Å². The molecule has 1 aliphatic rings. The maximum absolute atomic E-state index is 4.36. The van der Waals surface area contributed by atoms with E-state index in [9.17, 15) is 0 Å². The molecule has 1 aliphatic carbocycles. The predicted molar refractivity (Wildman–Crippen MR) is 72.4 cm³/mol. The van der Waals surface area contributed by atoms with E-state index in [1.807, 2.05) is 0 Å². The Kier molecular flexibility index (Phi) is 3.83. The standard InChI is InChI=1S/C13H23N3S/c1-13(2,3)12-11(17-16-15-12)10(14-4)9-7-5-6-8-9/h9-10,14H,5-8H2,1-4H3. The van der Waals surface area contributed by atoms with Crippen LogP contribution in [0.3, 0.4) is 0 Å². The zero-order chi connectivity index (χ0) is 12.5. The second-order valence-electron chi connectivity index (χ2n) is 6.05. The summed E-state index contributed by atoms with van der Waals surface area (Å²) in [5, 5.41) is 7.85. The van der Waals surface area contributed by atoms with Crippen LogP contribution < -0.4 is 5.32 Å². The quantitative estimate of drug-likeness (QED) is 0.898. The third kappa shape index (κ3) is 2.68. The van der Waals surface area contributed by atoms with Crippen molar-refractivity contribution >= 4 is 11.5 Å². The number of hydrogen-bond acceptors (Lipinski definition) is 4. The summed E-state index contributed by atoms with van der Waals surface area (Å²) in [6.07, 6.45) is 5.43.